The van der Waals surface area contributed by atoms with E-state index in [4.69, 9.17) is 36.1 Å². The molecule has 2 rings (SSSR count). The SMILES string of the molecule is [B]SCC(N)(c1ccc(C)c(Cl)c1)c1ccc(C)c(Cl)c1. The van der Waals surface area contributed by atoms with Gasteiger partial charge in [0.15, 0.2) is 7.12 Å². The molecule has 0 bridgehead atoms. The largest absolute Gasteiger partial charge is 0.317 e. The maximum atomic E-state index is 6.67. The molecule has 0 fully saturated rings. The summed E-state index contributed by atoms with van der Waals surface area (Å²) in [4.78, 5) is 0. The van der Waals surface area contributed by atoms with E-state index in [1.54, 1.807) is 0 Å². The molecule has 0 heterocycles. The van der Waals surface area contributed by atoms with Gasteiger partial charge >= 0.3 is 0 Å². The highest BCUT2D eigenvalue weighted by molar-refractivity contribution is 8.19. The fourth-order valence-corrected chi connectivity index (χ4v) is 3.16. The highest BCUT2D eigenvalue weighted by Gasteiger charge is 2.29. The molecule has 2 aromatic carbocycles. The van der Waals surface area contributed by atoms with Crippen molar-refractivity contribution < 1.29 is 0 Å². The average molecular weight is 336 g/mol. The van der Waals surface area contributed by atoms with Crippen LogP contribution in [0.3, 0.4) is 0 Å². The molecule has 0 unspecified atom stereocenters. The van der Waals surface area contributed by atoms with Gasteiger partial charge < -0.3 is 5.73 Å². The van der Waals surface area contributed by atoms with Gasteiger partial charge in [0.1, 0.15) is 0 Å². The molecule has 2 radical (unpaired) electrons. The van der Waals surface area contributed by atoms with E-state index in [1.165, 1.54) is 11.6 Å². The van der Waals surface area contributed by atoms with Crippen molar-refractivity contribution in [3.8, 4) is 0 Å². The molecule has 0 amide bonds. The van der Waals surface area contributed by atoms with Crippen molar-refractivity contribution in [3.05, 3.63) is 68.7 Å². The molecule has 108 valence electrons. The summed E-state index contributed by atoms with van der Waals surface area (Å²) in [5.74, 6) is 0.534. The highest BCUT2D eigenvalue weighted by atomic mass is 35.5. The van der Waals surface area contributed by atoms with Crippen molar-refractivity contribution in [2.75, 3.05) is 5.75 Å². The van der Waals surface area contributed by atoms with Gasteiger partial charge in [-0.2, -0.15) is 0 Å². The Morgan fingerprint density at radius 2 is 1.43 bits per heavy atom. The predicted molar refractivity (Wildman–Crippen MR) is 95.6 cm³/mol. The van der Waals surface area contributed by atoms with Gasteiger partial charge in [-0.05, 0) is 48.2 Å². The van der Waals surface area contributed by atoms with Gasteiger partial charge in [0.05, 0.1) is 5.54 Å². The van der Waals surface area contributed by atoms with Crippen LogP contribution in [0.2, 0.25) is 10.0 Å². The molecule has 0 aromatic heterocycles. The van der Waals surface area contributed by atoms with Gasteiger partial charge in [-0.25, -0.2) is 11.6 Å². The number of halogens is 2. The van der Waals surface area contributed by atoms with E-state index in [0.717, 1.165) is 22.3 Å². The highest BCUT2D eigenvalue weighted by Crippen LogP contribution is 2.34. The Morgan fingerprint density at radius 3 is 1.76 bits per heavy atom. The molecule has 0 aliphatic rings. The van der Waals surface area contributed by atoms with Crippen LogP contribution in [0.25, 0.3) is 0 Å². The molecule has 1 nitrogen and oxygen atoms in total. The van der Waals surface area contributed by atoms with E-state index in [-0.39, 0.29) is 0 Å². The quantitative estimate of drug-likeness (QED) is 0.824. The summed E-state index contributed by atoms with van der Waals surface area (Å²) >= 11 is 13.7. The Labute approximate surface area is 141 Å². The fourth-order valence-electron chi connectivity index (χ4n) is 2.21. The van der Waals surface area contributed by atoms with Crippen LogP contribution >= 0.6 is 34.8 Å². The molecule has 0 saturated heterocycles. The van der Waals surface area contributed by atoms with Crippen LogP contribution in [0.5, 0.6) is 0 Å². The minimum atomic E-state index is -0.728. The maximum Gasteiger partial charge on any atom is 0.161 e. The number of hydrogen-bond donors (Lipinski definition) is 1. The van der Waals surface area contributed by atoms with E-state index >= 15 is 0 Å². The van der Waals surface area contributed by atoms with E-state index in [9.17, 15) is 0 Å². The van der Waals surface area contributed by atoms with Crippen molar-refractivity contribution >= 4 is 41.9 Å². The first-order valence-corrected chi connectivity index (χ1v) is 8.33. The first-order valence-electron chi connectivity index (χ1n) is 6.52. The van der Waals surface area contributed by atoms with Crippen LogP contribution in [0.15, 0.2) is 36.4 Å². The van der Waals surface area contributed by atoms with Crippen LogP contribution in [0.4, 0.5) is 0 Å². The molecule has 5 heteroatoms. The van der Waals surface area contributed by atoms with Crippen molar-refractivity contribution in [3.63, 3.8) is 0 Å². The Hall–Kier alpha value is -0.605. The van der Waals surface area contributed by atoms with E-state index in [2.05, 4.69) is 0 Å². The molecule has 0 aliphatic heterocycles. The predicted octanol–water partition coefficient (Wildman–Crippen LogP) is 4.63. The minimum Gasteiger partial charge on any atom is -0.317 e. The smallest absolute Gasteiger partial charge is 0.161 e. The number of aryl methyl sites for hydroxylation is 2. The van der Waals surface area contributed by atoms with Gasteiger partial charge in [0.25, 0.3) is 0 Å². The van der Waals surface area contributed by atoms with Gasteiger partial charge in [-0.1, -0.05) is 47.5 Å². The average Bonchev–Trinajstić information content (AvgIpc) is 2.45. The van der Waals surface area contributed by atoms with Crippen molar-refractivity contribution in [1.29, 1.82) is 0 Å². The molecule has 2 N–H and O–H groups in total. The second-order valence-corrected chi connectivity index (χ2v) is 6.65. The number of benzene rings is 2. The lowest BCUT2D eigenvalue weighted by molar-refractivity contribution is 0.616. The molecule has 2 aromatic rings. The first kappa shape index (κ1) is 16.8. The standard InChI is InChI=1S/C16H16BCl2NS/c1-10-3-5-12(7-14(10)18)16(20,9-21-17)13-6-4-11(2)15(19)8-13/h3-8H,9,20H2,1-2H3. The Kier molecular flexibility index (Phi) is 5.31. The molecule has 21 heavy (non-hydrogen) atoms. The summed E-state index contributed by atoms with van der Waals surface area (Å²) in [5, 5.41) is 1.39. The lowest BCUT2D eigenvalue weighted by atomic mass is 9.84. The summed E-state index contributed by atoms with van der Waals surface area (Å²) < 4.78 is 0. The second-order valence-electron chi connectivity index (χ2n) is 5.21. The third-order valence-corrected chi connectivity index (χ3v) is 5.12. The van der Waals surface area contributed by atoms with Gasteiger partial charge in [0.2, 0.25) is 0 Å². The van der Waals surface area contributed by atoms with Crippen LogP contribution in [-0.2, 0) is 5.54 Å². The number of hydrogen-bond acceptors (Lipinski definition) is 2. The third-order valence-electron chi connectivity index (χ3n) is 3.68. The van der Waals surface area contributed by atoms with Crippen molar-refractivity contribution in [2.24, 2.45) is 5.73 Å². The van der Waals surface area contributed by atoms with Crippen molar-refractivity contribution in [1.82, 2.24) is 0 Å². The van der Waals surface area contributed by atoms with Crippen LogP contribution < -0.4 is 5.73 Å². The molecular weight excluding hydrogens is 320 g/mol. The van der Waals surface area contributed by atoms with Gasteiger partial charge in [-0.3, -0.25) is 0 Å². The fraction of sp³-hybridized carbons (Fsp3) is 0.250. The molecule has 0 aliphatic carbocycles. The summed E-state index contributed by atoms with van der Waals surface area (Å²) in [5.41, 5.74) is 9.83. The third kappa shape index (κ3) is 3.42. The van der Waals surface area contributed by atoms with E-state index in [0.29, 0.717) is 15.8 Å². The summed E-state index contributed by atoms with van der Waals surface area (Å²) in [7, 11) is 5.70. The summed E-state index contributed by atoms with van der Waals surface area (Å²) in [6.45, 7) is 3.93. The number of rotatable bonds is 4. The summed E-state index contributed by atoms with van der Waals surface area (Å²) in [6.07, 6.45) is 0. The van der Waals surface area contributed by atoms with Crippen LogP contribution in [0.1, 0.15) is 22.3 Å². The lowest BCUT2D eigenvalue weighted by Gasteiger charge is -2.31. The molecule has 0 spiro atoms. The zero-order valence-electron chi connectivity index (χ0n) is 12.0. The zero-order valence-corrected chi connectivity index (χ0v) is 14.3. The number of nitrogens with two attached hydrogens (primary N) is 1. The van der Waals surface area contributed by atoms with Crippen molar-refractivity contribution in [2.45, 2.75) is 19.4 Å². The monoisotopic (exact) mass is 335 g/mol. The van der Waals surface area contributed by atoms with Crippen LogP contribution in [-0.4, -0.2) is 12.9 Å². The van der Waals surface area contributed by atoms with E-state index in [1.807, 2.05) is 50.2 Å². The first-order chi connectivity index (χ1) is 9.88. The second kappa shape index (κ2) is 6.66. The lowest BCUT2D eigenvalue weighted by Crippen LogP contribution is -2.40. The molecular formula is C16H16BCl2NS. The van der Waals surface area contributed by atoms with Gasteiger partial charge in [-0.15, -0.1) is 0 Å². The Bertz CT molecular complexity index is 609. The summed E-state index contributed by atoms with van der Waals surface area (Å²) in [6, 6.07) is 11.7. The molecule has 0 saturated carbocycles. The Morgan fingerprint density at radius 1 is 1.00 bits per heavy atom. The van der Waals surface area contributed by atoms with Crippen LogP contribution in [0, 0.1) is 13.8 Å². The maximum absolute atomic E-state index is 6.67. The van der Waals surface area contributed by atoms with E-state index < -0.39 is 5.54 Å². The molecule has 0 atom stereocenters. The topological polar surface area (TPSA) is 26.0 Å². The van der Waals surface area contributed by atoms with Gasteiger partial charge in [0, 0.05) is 15.8 Å². The Balaban J connectivity index is 2.57. The normalized spacial score (nSPS) is 11.7. The zero-order chi connectivity index (χ0) is 15.6. The minimum absolute atomic E-state index is 0.534.